The van der Waals surface area contributed by atoms with Crippen molar-refractivity contribution in [3.8, 4) is 11.5 Å². The van der Waals surface area contributed by atoms with Gasteiger partial charge in [0, 0.05) is 44.1 Å². The summed E-state index contributed by atoms with van der Waals surface area (Å²) >= 11 is 0. The number of rotatable bonds is 6. The minimum atomic E-state index is 0.775. The van der Waals surface area contributed by atoms with Gasteiger partial charge in [0.2, 0.25) is 0 Å². The first-order valence-corrected chi connectivity index (χ1v) is 8.13. The maximum absolute atomic E-state index is 4.35. The summed E-state index contributed by atoms with van der Waals surface area (Å²) in [6.45, 7) is 1.58. The average Bonchev–Trinajstić information content (AvgIpc) is 3.37. The molecule has 4 aromatic rings. The van der Waals surface area contributed by atoms with Gasteiger partial charge in [-0.25, -0.2) is 14.3 Å². The molecule has 124 valence electrons. The molecule has 0 fully saturated rings. The molecule has 0 saturated heterocycles. The minimum absolute atomic E-state index is 0.775. The van der Waals surface area contributed by atoms with Crippen LogP contribution in [-0.2, 0) is 13.1 Å². The Morgan fingerprint density at radius 3 is 2.20 bits per heavy atom. The highest BCUT2D eigenvalue weighted by Crippen LogP contribution is 2.09. The van der Waals surface area contributed by atoms with Crippen molar-refractivity contribution < 1.29 is 0 Å². The van der Waals surface area contributed by atoms with Crippen LogP contribution in [0.25, 0.3) is 11.5 Å². The number of nitrogens with one attached hydrogen (secondary N) is 1. The van der Waals surface area contributed by atoms with Crippen LogP contribution in [0.3, 0.4) is 0 Å². The number of hydrogen-bond donors (Lipinski definition) is 1. The van der Waals surface area contributed by atoms with E-state index in [0.29, 0.717) is 0 Å². The van der Waals surface area contributed by atoms with Crippen LogP contribution in [0.4, 0.5) is 0 Å². The summed E-state index contributed by atoms with van der Waals surface area (Å²) in [6.07, 6.45) is 9.17. The first-order valence-electron chi connectivity index (χ1n) is 8.13. The van der Waals surface area contributed by atoms with E-state index in [1.165, 1.54) is 11.1 Å². The Morgan fingerprint density at radius 2 is 1.48 bits per heavy atom. The molecule has 6 nitrogen and oxygen atoms in total. The minimum Gasteiger partial charge on any atom is -0.309 e. The van der Waals surface area contributed by atoms with Gasteiger partial charge in [-0.05, 0) is 47.5 Å². The molecule has 0 unspecified atom stereocenters. The second kappa shape index (κ2) is 7.11. The van der Waals surface area contributed by atoms with E-state index >= 15 is 0 Å². The van der Waals surface area contributed by atoms with Gasteiger partial charge in [-0.2, -0.15) is 10.2 Å². The fourth-order valence-corrected chi connectivity index (χ4v) is 2.64. The number of aromatic nitrogens is 5. The van der Waals surface area contributed by atoms with Gasteiger partial charge < -0.3 is 5.32 Å². The van der Waals surface area contributed by atoms with Crippen molar-refractivity contribution in [2.75, 3.05) is 0 Å². The van der Waals surface area contributed by atoms with E-state index in [9.17, 15) is 0 Å². The summed E-state index contributed by atoms with van der Waals surface area (Å²) in [5.74, 6) is 0.827. The Bertz CT molecular complexity index is 911. The summed E-state index contributed by atoms with van der Waals surface area (Å²) in [5, 5.41) is 11.9. The molecule has 3 aromatic heterocycles. The van der Waals surface area contributed by atoms with Gasteiger partial charge >= 0.3 is 0 Å². The molecule has 0 radical (unpaired) electrons. The second-order valence-corrected chi connectivity index (χ2v) is 5.69. The maximum Gasteiger partial charge on any atom is 0.153 e. The van der Waals surface area contributed by atoms with Crippen molar-refractivity contribution in [2.45, 2.75) is 13.1 Å². The molecule has 0 aliphatic carbocycles. The largest absolute Gasteiger partial charge is 0.309 e. The van der Waals surface area contributed by atoms with Crippen molar-refractivity contribution in [3.05, 3.63) is 90.6 Å². The molecule has 0 bridgehead atoms. The Hall–Kier alpha value is -3.25. The molecule has 1 N–H and O–H groups in total. The van der Waals surface area contributed by atoms with E-state index < -0.39 is 0 Å². The lowest BCUT2D eigenvalue weighted by Crippen LogP contribution is -2.13. The fraction of sp³-hybridized carbons (Fsp3) is 0.105. The third-order valence-corrected chi connectivity index (χ3v) is 3.91. The van der Waals surface area contributed by atoms with Gasteiger partial charge in [0.25, 0.3) is 0 Å². The van der Waals surface area contributed by atoms with Crippen molar-refractivity contribution in [1.29, 1.82) is 0 Å². The van der Waals surface area contributed by atoms with E-state index in [1.54, 1.807) is 17.1 Å². The van der Waals surface area contributed by atoms with Crippen molar-refractivity contribution in [1.82, 2.24) is 29.9 Å². The topological polar surface area (TPSA) is 60.6 Å². The molecule has 0 atom stereocenters. The van der Waals surface area contributed by atoms with E-state index in [1.807, 2.05) is 47.5 Å². The van der Waals surface area contributed by atoms with Crippen LogP contribution < -0.4 is 5.32 Å². The van der Waals surface area contributed by atoms with Crippen LogP contribution in [0.2, 0.25) is 0 Å². The third kappa shape index (κ3) is 3.64. The Kier molecular flexibility index (Phi) is 4.35. The first kappa shape index (κ1) is 15.3. The second-order valence-electron chi connectivity index (χ2n) is 5.69. The highest BCUT2D eigenvalue weighted by Gasteiger charge is 2.01. The lowest BCUT2D eigenvalue weighted by molar-refractivity contribution is 0.690. The molecule has 6 heteroatoms. The Balaban J connectivity index is 1.35. The monoisotopic (exact) mass is 330 g/mol. The van der Waals surface area contributed by atoms with Crippen molar-refractivity contribution in [3.63, 3.8) is 0 Å². The summed E-state index contributed by atoms with van der Waals surface area (Å²) in [7, 11) is 0. The van der Waals surface area contributed by atoms with Gasteiger partial charge in [-0.3, -0.25) is 0 Å². The highest BCUT2D eigenvalue weighted by atomic mass is 15.3. The fourth-order valence-electron chi connectivity index (χ4n) is 2.64. The van der Waals surface area contributed by atoms with Crippen LogP contribution in [0.5, 0.6) is 0 Å². The lowest BCUT2D eigenvalue weighted by atomic mass is 10.2. The average molecular weight is 330 g/mol. The summed E-state index contributed by atoms with van der Waals surface area (Å²) in [6, 6.07) is 16.2. The van der Waals surface area contributed by atoms with Crippen molar-refractivity contribution in [2.24, 2.45) is 0 Å². The molecule has 0 amide bonds. The Morgan fingerprint density at radius 1 is 0.760 bits per heavy atom. The zero-order valence-electron chi connectivity index (χ0n) is 13.7. The molecule has 25 heavy (non-hydrogen) atoms. The summed E-state index contributed by atoms with van der Waals surface area (Å²) in [4.78, 5) is 4.35. The van der Waals surface area contributed by atoms with Crippen molar-refractivity contribution >= 4 is 0 Å². The zero-order valence-corrected chi connectivity index (χ0v) is 13.7. The third-order valence-electron chi connectivity index (χ3n) is 3.91. The lowest BCUT2D eigenvalue weighted by Gasteiger charge is -2.08. The quantitative estimate of drug-likeness (QED) is 0.590. The highest BCUT2D eigenvalue weighted by molar-refractivity contribution is 5.34. The number of nitrogens with zero attached hydrogens (tertiary/aromatic N) is 5. The van der Waals surface area contributed by atoms with Crippen LogP contribution in [0.1, 0.15) is 11.1 Å². The summed E-state index contributed by atoms with van der Waals surface area (Å²) < 4.78 is 3.61. The standard InChI is InChI=1S/C19H18N6/c1-8-22-24(11-1)18-5-3-16(4-6-18)14-20-15-17-7-10-21-19(13-17)25-12-2-9-23-25/h1-13,20H,14-15H2. The van der Waals surface area contributed by atoms with Crippen LogP contribution >= 0.6 is 0 Å². The molecular weight excluding hydrogens is 312 g/mol. The first-order chi connectivity index (χ1) is 12.4. The molecule has 1 aromatic carbocycles. The predicted octanol–water partition coefficient (Wildman–Crippen LogP) is 2.74. The van der Waals surface area contributed by atoms with Gasteiger partial charge in [0.05, 0.1) is 5.69 Å². The Labute approximate surface area is 145 Å². The van der Waals surface area contributed by atoms with Gasteiger partial charge in [-0.1, -0.05) is 12.1 Å². The van der Waals surface area contributed by atoms with Crippen LogP contribution in [0, 0.1) is 0 Å². The number of benzene rings is 1. The molecule has 3 heterocycles. The van der Waals surface area contributed by atoms with E-state index in [-0.39, 0.29) is 0 Å². The van der Waals surface area contributed by atoms with Gasteiger partial charge in [-0.15, -0.1) is 0 Å². The SMILES string of the molecule is c1cnn(-c2ccc(CNCc3ccnc(-n4cccn4)c3)cc2)c1. The van der Waals surface area contributed by atoms with E-state index in [0.717, 1.165) is 24.6 Å². The van der Waals surface area contributed by atoms with E-state index in [2.05, 4.69) is 44.8 Å². The number of hydrogen-bond acceptors (Lipinski definition) is 4. The molecule has 0 spiro atoms. The van der Waals surface area contributed by atoms with Crippen LogP contribution in [-0.4, -0.2) is 24.5 Å². The molecule has 0 aliphatic rings. The number of pyridine rings is 1. The smallest absolute Gasteiger partial charge is 0.153 e. The normalized spacial score (nSPS) is 10.9. The van der Waals surface area contributed by atoms with Gasteiger partial charge in [0.15, 0.2) is 5.82 Å². The van der Waals surface area contributed by atoms with Gasteiger partial charge in [0.1, 0.15) is 0 Å². The molecule has 0 aliphatic heterocycles. The van der Waals surface area contributed by atoms with Crippen LogP contribution in [0.15, 0.2) is 79.5 Å². The molecule has 4 rings (SSSR count). The summed E-state index contributed by atoms with van der Waals surface area (Å²) in [5.41, 5.74) is 3.47. The maximum atomic E-state index is 4.35. The molecular formula is C19H18N6. The van der Waals surface area contributed by atoms with E-state index in [4.69, 9.17) is 0 Å². The predicted molar refractivity (Wildman–Crippen MR) is 95.5 cm³/mol. The molecule has 0 saturated carbocycles. The zero-order chi connectivity index (χ0) is 16.9.